The lowest BCUT2D eigenvalue weighted by Gasteiger charge is -2.35. The first kappa shape index (κ1) is 15.3. The molecule has 108 valence electrons. The second-order valence-corrected chi connectivity index (χ2v) is 6.48. The van der Waals surface area contributed by atoms with Crippen LogP contribution in [0, 0.1) is 5.82 Å². The summed E-state index contributed by atoms with van der Waals surface area (Å²) in [5.41, 5.74) is 3.64. The van der Waals surface area contributed by atoms with Crippen molar-refractivity contribution < 1.29 is 14.3 Å². The number of hydrazone groups is 1. The van der Waals surface area contributed by atoms with Crippen LogP contribution < -0.4 is 5.73 Å². The molecule has 0 saturated carbocycles. The number of alkyl halides is 3. The van der Waals surface area contributed by atoms with E-state index in [9.17, 15) is 14.3 Å². The molecule has 0 bridgehead atoms. The van der Waals surface area contributed by atoms with E-state index in [0.29, 0.717) is 10.6 Å². The van der Waals surface area contributed by atoms with Gasteiger partial charge >= 0.3 is 6.03 Å². The molecule has 2 rings (SSSR count). The van der Waals surface area contributed by atoms with Gasteiger partial charge in [0.1, 0.15) is 5.82 Å². The van der Waals surface area contributed by atoms with Crippen LogP contribution in [0.15, 0.2) is 29.4 Å². The Balaban J connectivity index is 2.42. The lowest BCUT2D eigenvalue weighted by Crippen LogP contribution is -2.56. The summed E-state index contributed by atoms with van der Waals surface area (Å²) in [6.45, 7) is 0. The number of halogens is 4. The topological polar surface area (TPSA) is 78.9 Å². The number of urea groups is 1. The first-order chi connectivity index (χ1) is 9.15. The molecule has 1 heterocycles. The SMILES string of the molecule is NC(=O)N1N=C(c2ccc(F)cc2)CC1(O)C(Cl)(Cl)Cl. The third kappa shape index (κ3) is 2.56. The van der Waals surface area contributed by atoms with Crippen LogP contribution in [0.3, 0.4) is 0 Å². The maximum absolute atomic E-state index is 12.9. The van der Waals surface area contributed by atoms with Crippen LogP contribution in [0.4, 0.5) is 9.18 Å². The molecular weight excluding hydrogens is 331 g/mol. The van der Waals surface area contributed by atoms with Gasteiger partial charge in [0, 0.05) is 6.42 Å². The zero-order valence-electron chi connectivity index (χ0n) is 9.86. The Morgan fingerprint density at radius 3 is 2.35 bits per heavy atom. The molecule has 0 fully saturated rings. The summed E-state index contributed by atoms with van der Waals surface area (Å²) in [7, 11) is 0. The fraction of sp³-hybridized carbons (Fsp3) is 0.273. The van der Waals surface area contributed by atoms with Crippen LogP contribution in [0.5, 0.6) is 0 Å². The normalized spacial score (nSPS) is 22.9. The van der Waals surface area contributed by atoms with Crippen molar-refractivity contribution in [3.63, 3.8) is 0 Å². The summed E-state index contributed by atoms with van der Waals surface area (Å²) < 4.78 is 10.7. The highest BCUT2D eigenvalue weighted by Crippen LogP contribution is 2.46. The standard InChI is InChI=1S/C11H9Cl3FN3O2/c12-11(13,14)10(20)5-8(17-18(10)9(16)19)6-1-3-7(15)4-2-6/h1-4,20H,5H2,(H2,16,19). The van der Waals surface area contributed by atoms with Gasteiger partial charge in [0.25, 0.3) is 0 Å². The Bertz CT molecular complexity index is 573. The minimum atomic E-state index is -2.21. The van der Waals surface area contributed by atoms with E-state index in [4.69, 9.17) is 40.5 Å². The molecule has 0 aliphatic carbocycles. The van der Waals surface area contributed by atoms with E-state index in [-0.39, 0.29) is 12.1 Å². The zero-order valence-corrected chi connectivity index (χ0v) is 12.1. The maximum Gasteiger partial charge on any atom is 0.338 e. The van der Waals surface area contributed by atoms with Crippen molar-refractivity contribution in [3.05, 3.63) is 35.6 Å². The summed E-state index contributed by atoms with van der Waals surface area (Å²) in [5.74, 6) is -0.434. The third-order valence-electron chi connectivity index (χ3n) is 2.83. The van der Waals surface area contributed by atoms with E-state index in [2.05, 4.69) is 5.10 Å². The van der Waals surface area contributed by atoms with Crippen LogP contribution in [-0.4, -0.2) is 31.4 Å². The Labute approximate surface area is 128 Å². The van der Waals surface area contributed by atoms with Crippen molar-refractivity contribution >= 4 is 46.5 Å². The van der Waals surface area contributed by atoms with E-state index in [1.165, 1.54) is 24.3 Å². The van der Waals surface area contributed by atoms with Gasteiger partial charge in [-0.1, -0.05) is 46.9 Å². The number of carbonyl (C=O) groups is 1. The minimum absolute atomic E-state index is 0.248. The summed E-state index contributed by atoms with van der Waals surface area (Å²) in [4.78, 5) is 11.3. The Morgan fingerprint density at radius 1 is 1.40 bits per heavy atom. The van der Waals surface area contributed by atoms with Crippen LogP contribution >= 0.6 is 34.8 Å². The second-order valence-electron chi connectivity index (χ2n) is 4.19. The molecule has 0 spiro atoms. The summed E-state index contributed by atoms with van der Waals surface area (Å²) in [6.07, 6.45) is -0.252. The average molecular weight is 341 g/mol. The molecule has 20 heavy (non-hydrogen) atoms. The van der Waals surface area contributed by atoms with E-state index in [1.54, 1.807) is 0 Å². The van der Waals surface area contributed by atoms with E-state index in [0.717, 1.165) is 0 Å². The number of carbonyl (C=O) groups excluding carboxylic acids is 1. The number of benzene rings is 1. The number of nitrogens with zero attached hydrogens (tertiary/aromatic N) is 2. The highest BCUT2D eigenvalue weighted by Gasteiger charge is 2.57. The Hall–Kier alpha value is -1.08. The first-order valence-corrected chi connectivity index (χ1v) is 6.51. The predicted molar refractivity (Wildman–Crippen MR) is 74.2 cm³/mol. The molecule has 2 amide bonds. The van der Waals surface area contributed by atoms with Crippen molar-refractivity contribution in [2.24, 2.45) is 10.8 Å². The smallest absolute Gasteiger partial charge is 0.338 e. The quantitative estimate of drug-likeness (QED) is 0.770. The van der Waals surface area contributed by atoms with Crippen LogP contribution in [0.2, 0.25) is 0 Å². The third-order valence-corrected chi connectivity index (χ3v) is 3.73. The van der Waals surface area contributed by atoms with Crippen LogP contribution in [0.1, 0.15) is 12.0 Å². The molecule has 0 saturated heterocycles. The van der Waals surface area contributed by atoms with Crippen LogP contribution in [-0.2, 0) is 0 Å². The number of primary amides is 1. The average Bonchev–Trinajstić information content (AvgIpc) is 2.69. The van der Waals surface area contributed by atoms with Gasteiger partial charge < -0.3 is 10.8 Å². The monoisotopic (exact) mass is 339 g/mol. The molecule has 3 N–H and O–H groups in total. The lowest BCUT2D eigenvalue weighted by atomic mass is 10.0. The molecule has 0 radical (unpaired) electrons. The van der Waals surface area contributed by atoms with Gasteiger partial charge in [-0.25, -0.2) is 9.18 Å². The Kier molecular flexibility index (Phi) is 3.85. The molecule has 1 unspecified atom stereocenters. The van der Waals surface area contributed by atoms with Crippen LogP contribution in [0.25, 0.3) is 0 Å². The number of hydrogen-bond donors (Lipinski definition) is 2. The molecule has 1 aromatic rings. The fourth-order valence-electron chi connectivity index (χ4n) is 1.80. The van der Waals surface area contributed by atoms with E-state index in [1.807, 2.05) is 0 Å². The van der Waals surface area contributed by atoms with Gasteiger partial charge in [0.2, 0.25) is 9.52 Å². The highest BCUT2D eigenvalue weighted by molar-refractivity contribution is 6.68. The van der Waals surface area contributed by atoms with E-state index >= 15 is 0 Å². The van der Waals surface area contributed by atoms with Gasteiger partial charge in [-0.05, 0) is 17.7 Å². The molecule has 1 atom stereocenters. The molecule has 5 nitrogen and oxygen atoms in total. The summed E-state index contributed by atoms with van der Waals surface area (Å²) in [5, 5.41) is 14.8. The summed E-state index contributed by atoms with van der Waals surface area (Å²) in [6, 6.07) is 4.20. The fourth-order valence-corrected chi connectivity index (χ4v) is 2.24. The molecule has 1 aliphatic rings. The lowest BCUT2D eigenvalue weighted by molar-refractivity contribution is -0.0582. The largest absolute Gasteiger partial charge is 0.365 e. The number of nitrogens with two attached hydrogens (primary N) is 1. The van der Waals surface area contributed by atoms with Gasteiger partial charge in [0.05, 0.1) is 5.71 Å². The van der Waals surface area contributed by atoms with Gasteiger partial charge in [-0.3, -0.25) is 0 Å². The predicted octanol–water partition coefficient (Wildman–Crippen LogP) is 2.37. The molecule has 1 aromatic carbocycles. The van der Waals surface area contributed by atoms with Gasteiger partial charge in [-0.15, -0.1) is 0 Å². The maximum atomic E-state index is 12.9. The zero-order chi connectivity index (χ0) is 15.1. The summed E-state index contributed by atoms with van der Waals surface area (Å²) >= 11 is 17.1. The molecule has 1 aliphatic heterocycles. The van der Waals surface area contributed by atoms with Gasteiger partial charge in [0.15, 0.2) is 0 Å². The Morgan fingerprint density at radius 2 is 1.95 bits per heavy atom. The number of rotatable bonds is 1. The van der Waals surface area contributed by atoms with Crippen molar-refractivity contribution in [2.45, 2.75) is 15.9 Å². The van der Waals surface area contributed by atoms with Gasteiger partial charge in [-0.2, -0.15) is 10.1 Å². The number of hydrogen-bond acceptors (Lipinski definition) is 3. The minimum Gasteiger partial charge on any atom is -0.365 e. The number of amides is 2. The van der Waals surface area contributed by atoms with Crippen molar-refractivity contribution in [1.82, 2.24) is 5.01 Å². The molecule has 0 aromatic heterocycles. The van der Waals surface area contributed by atoms with Crippen molar-refractivity contribution in [1.29, 1.82) is 0 Å². The van der Waals surface area contributed by atoms with E-state index < -0.39 is 21.4 Å². The highest BCUT2D eigenvalue weighted by atomic mass is 35.6. The van der Waals surface area contributed by atoms with Crippen molar-refractivity contribution in [2.75, 3.05) is 0 Å². The second kappa shape index (κ2) is 5.04. The first-order valence-electron chi connectivity index (χ1n) is 5.37. The van der Waals surface area contributed by atoms with Crippen molar-refractivity contribution in [3.8, 4) is 0 Å². The number of aliphatic hydroxyl groups is 1. The molecule has 9 heteroatoms. The molecular formula is C11H9Cl3FN3O2.